The number of benzene rings is 1. The smallest absolute Gasteiger partial charge is 0.0319 e. The van der Waals surface area contributed by atoms with Crippen LogP contribution in [0.15, 0.2) is 24.3 Å². The summed E-state index contributed by atoms with van der Waals surface area (Å²) in [6, 6.07) is 9.25. The van der Waals surface area contributed by atoms with Crippen molar-refractivity contribution in [2.45, 2.75) is 32.7 Å². The van der Waals surface area contributed by atoms with Crippen LogP contribution in [0.2, 0.25) is 0 Å². The third-order valence-corrected chi connectivity index (χ3v) is 4.24. The van der Waals surface area contributed by atoms with E-state index in [0.717, 1.165) is 5.92 Å². The van der Waals surface area contributed by atoms with E-state index < -0.39 is 0 Å². The van der Waals surface area contributed by atoms with Gasteiger partial charge in [0.1, 0.15) is 0 Å². The molecule has 0 radical (unpaired) electrons. The number of nitrogens with zero attached hydrogens (tertiary/aromatic N) is 1. The van der Waals surface area contributed by atoms with Gasteiger partial charge in [-0.15, -0.1) is 0 Å². The van der Waals surface area contributed by atoms with Gasteiger partial charge in [-0.2, -0.15) is 0 Å². The number of rotatable bonds is 4. The SMILES string of the molecule is Cc1ccccc1C(C)N(C)CC1CCCNC1. The number of hydrogen-bond acceptors (Lipinski definition) is 2. The lowest BCUT2D eigenvalue weighted by Crippen LogP contribution is -2.37. The van der Waals surface area contributed by atoms with Crippen molar-refractivity contribution < 1.29 is 0 Å². The third-order valence-electron chi connectivity index (χ3n) is 4.24. The van der Waals surface area contributed by atoms with Crippen molar-refractivity contribution in [1.29, 1.82) is 0 Å². The molecule has 1 aliphatic heterocycles. The Labute approximate surface area is 111 Å². The summed E-state index contributed by atoms with van der Waals surface area (Å²) in [7, 11) is 2.26. The molecule has 100 valence electrons. The molecule has 0 saturated carbocycles. The summed E-state index contributed by atoms with van der Waals surface area (Å²) in [5.41, 5.74) is 2.86. The highest BCUT2D eigenvalue weighted by molar-refractivity contribution is 5.28. The van der Waals surface area contributed by atoms with Crippen LogP contribution in [0.25, 0.3) is 0 Å². The first kappa shape index (κ1) is 13.6. The van der Waals surface area contributed by atoms with Crippen molar-refractivity contribution in [2.75, 3.05) is 26.7 Å². The molecule has 0 aromatic heterocycles. The third kappa shape index (κ3) is 3.33. The molecule has 0 spiro atoms. The predicted octanol–water partition coefficient (Wildman–Crippen LogP) is 2.99. The Morgan fingerprint density at radius 2 is 2.17 bits per heavy atom. The first-order chi connectivity index (χ1) is 8.68. The van der Waals surface area contributed by atoms with E-state index in [1.54, 1.807) is 0 Å². The van der Waals surface area contributed by atoms with Gasteiger partial charge >= 0.3 is 0 Å². The minimum Gasteiger partial charge on any atom is -0.316 e. The van der Waals surface area contributed by atoms with E-state index in [9.17, 15) is 0 Å². The molecule has 1 heterocycles. The van der Waals surface area contributed by atoms with Gasteiger partial charge in [-0.05, 0) is 63.9 Å². The number of hydrogen-bond donors (Lipinski definition) is 1. The zero-order chi connectivity index (χ0) is 13.0. The minimum atomic E-state index is 0.508. The Morgan fingerprint density at radius 3 is 2.83 bits per heavy atom. The average molecular weight is 246 g/mol. The molecule has 1 saturated heterocycles. The highest BCUT2D eigenvalue weighted by Gasteiger charge is 2.19. The summed E-state index contributed by atoms with van der Waals surface area (Å²) < 4.78 is 0. The van der Waals surface area contributed by atoms with Crippen LogP contribution in [0.3, 0.4) is 0 Å². The lowest BCUT2D eigenvalue weighted by atomic mass is 9.96. The van der Waals surface area contributed by atoms with E-state index in [2.05, 4.69) is 55.4 Å². The van der Waals surface area contributed by atoms with Crippen LogP contribution in [0, 0.1) is 12.8 Å². The van der Waals surface area contributed by atoms with Crippen molar-refractivity contribution in [3.63, 3.8) is 0 Å². The van der Waals surface area contributed by atoms with Crippen LogP contribution in [0.5, 0.6) is 0 Å². The van der Waals surface area contributed by atoms with Crippen molar-refractivity contribution in [2.24, 2.45) is 5.92 Å². The molecule has 1 aromatic rings. The summed E-state index contributed by atoms with van der Waals surface area (Å²) in [5, 5.41) is 3.50. The molecule has 2 unspecified atom stereocenters. The number of nitrogens with one attached hydrogen (secondary N) is 1. The molecule has 1 N–H and O–H groups in total. The van der Waals surface area contributed by atoms with Gasteiger partial charge in [-0.3, -0.25) is 4.90 Å². The summed E-state index contributed by atoms with van der Waals surface area (Å²) in [5.74, 6) is 0.815. The van der Waals surface area contributed by atoms with Gasteiger partial charge in [-0.25, -0.2) is 0 Å². The summed E-state index contributed by atoms with van der Waals surface area (Å²) in [6.45, 7) is 8.11. The van der Waals surface area contributed by atoms with E-state index in [-0.39, 0.29) is 0 Å². The molecule has 2 atom stereocenters. The van der Waals surface area contributed by atoms with Gasteiger partial charge in [0, 0.05) is 12.6 Å². The van der Waals surface area contributed by atoms with Crippen molar-refractivity contribution in [3.8, 4) is 0 Å². The Balaban J connectivity index is 1.95. The molecule has 18 heavy (non-hydrogen) atoms. The fourth-order valence-electron chi connectivity index (χ4n) is 2.94. The summed E-state index contributed by atoms with van der Waals surface area (Å²) in [6.07, 6.45) is 2.70. The Morgan fingerprint density at radius 1 is 1.39 bits per heavy atom. The second-order valence-electron chi connectivity index (χ2n) is 5.68. The zero-order valence-corrected chi connectivity index (χ0v) is 11.9. The average Bonchev–Trinajstić information content (AvgIpc) is 2.39. The van der Waals surface area contributed by atoms with Crippen LogP contribution in [0.1, 0.15) is 36.9 Å². The largest absolute Gasteiger partial charge is 0.316 e. The normalized spacial score (nSPS) is 22.1. The molecule has 1 fully saturated rings. The lowest BCUT2D eigenvalue weighted by Gasteiger charge is -2.32. The second-order valence-corrected chi connectivity index (χ2v) is 5.68. The summed E-state index contributed by atoms with van der Waals surface area (Å²) >= 11 is 0. The predicted molar refractivity (Wildman–Crippen MR) is 77.8 cm³/mol. The fraction of sp³-hybridized carbons (Fsp3) is 0.625. The molecular weight excluding hydrogens is 220 g/mol. The highest BCUT2D eigenvalue weighted by Crippen LogP contribution is 2.23. The second kappa shape index (κ2) is 6.35. The molecule has 1 aliphatic rings. The highest BCUT2D eigenvalue weighted by atomic mass is 15.1. The van der Waals surface area contributed by atoms with Gasteiger partial charge in [0.25, 0.3) is 0 Å². The Hall–Kier alpha value is -0.860. The lowest BCUT2D eigenvalue weighted by molar-refractivity contribution is 0.199. The molecular formula is C16H26N2. The molecule has 1 aromatic carbocycles. The monoisotopic (exact) mass is 246 g/mol. The van der Waals surface area contributed by atoms with E-state index in [1.165, 1.54) is 43.6 Å². The standard InChI is InChI=1S/C16H26N2/c1-13-7-4-5-9-16(13)14(2)18(3)12-15-8-6-10-17-11-15/h4-5,7,9,14-15,17H,6,8,10-12H2,1-3H3. The maximum Gasteiger partial charge on any atom is 0.0319 e. The van der Waals surface area contributed by atoms with Crippen molar-refractivity contribution in [1.82, 2.24) is 10.2 Å². The molecule has 0 bridgehead atoms. The topological polar surface area (TPSA) is 15.3 Å². The van der Waals surface area contributed by atoms with Gasteiger partial charge in [0.2, 0.25) is 0 Å². The number of aryl methyl sites for hydroxylation is 1. The van der Waals surface area contributed by atoms with E-state index in [0.29, 0.717) is 6.04 Å². The maximum atomic E-state index is 3.50. The number of piperidine rings is 1. The van der Waals surface area contributed by atoms with Gasteiger partial charge in [0.05, 0.1) is 0 Å². The van der Waals surface area contributed by atoms with Gasteiger partial charge in [0.15, 0.2) is 0 Å². The van der Waals surface area contributed by atoms with Crippen molar-refractivity contribution in [3.05, 3.63) is 35.4 Å². The molecule has 2 heteroatoms. The van der Waals surface area contributed by atoms with Crippen LogP contribution in [-0.4, -0.2) is 31.6 Å². The van der Waals surface area contributed by atoms with Crippen molar-refractivity contribution >= 4 is 0 Å². The first-order valence-corrected chi connectivity index (χ1v) is 7.15. The molecule has 0 aliphatic carbocycles. The molecule has 2 rings (SSSR count). The molecule has 2 nitrogen and oxygen atoms in total. The fourth-order valence-corrected chi connectivity index (χ4v) is 2.94. The Bertz CT molecular complexity index is 369. The molecule has 0 amide bonds. The van der Waals surface area contributed by atoms with E-state index >= 15 is 0 Å². The van der Waals surface area contributed by atoms with E-state index in [4.69, 9.17) is 0 Å². The zero-order valence-electron chi connectivity index (χ0n) is 11.9. The first-order valence-electron chi connectivity index (χ1n) is 7.15. The van der Waals surface area contributed by atoms with E-state index in [1.807, 2.05) is 0 Å². The van der Waals surface area contributed by atoms with Crippen LogP contribution < -0.4 is 5.32 Å². The summed E-state index contributed by atoms with van der Waals surface area (Å²) in [4.78, 5) is 2.50. The Kier molecular flexibility index (Phi) is 4.79. The van der Waals surface area contributed by atoms with Crippen LogP contribution in [-0.2, 0) is 0 Å². The van der Waals surface area contributed by atoms with Crippen LogP contribution >= 0.6 is 0 Å². The minimum absolute atomic E-state index is 0.508. The van der Waals surface area contributed by atoms with Crippen LogP contribution in [0.4, 0.5) is 0 Å². The maximum absolute atomic E-state index is 3.50. The van der Waals surface area contributed by atoms with Gasteiger partial charge < -0.3 is 5.32 Å². The quantitative estimate of drug-likeness (QED) is 0.878. The van der Waals surface area contributed by atoms with Gasteiger partial charge in [-0.1, -0.05) is 24.3 Å².